The molecule has 0 saturated heterocycles. The highest BCUT2D eigenvalue weighted by Crippen LogP contribution is 2.22. The second-order valence-electron chi connectivity index (χ2n) is 9.64. The van der Waals surface area contributed by atoms with Crippen LogP contribution in [0.3, 0.4) is 0 Å². The Morgan fingerprint density at radius 3 is 2.11 bits per heavy atom. The first kappa shape index (κ1) is 28.3. The average molecular weight is 507 g/mol. The molecule has 8 nitrogen and oxygen atoms in total. The van der Waals surface area contributed by atoms with E-state index >= 15 is 0 Å². The van der Waals surface area contributed by atoms with Crippen LogP contribution in [0.2, 0.25) is 0 Å². The molecule has 2 aromatic carbocycles. The third-order valence-corrected chi connectivity index (χ3v) is 7.22. The van der Waals surface area contributed by atoms with Crippen molar-refractivity contribution < 1.29 is 22.4 Å². The minimum Gasteiger partial charge on any atom is -0.350 e. The summed E-state index contributed by atoms with van der Waals surface area (Å²) in [6, 6.07) is 11.4. The van der Waals surface area contributed by atoms with E-state index in [4.69, 9.17) is 0 Å². The van der Waals surface area contributed by atoms with Crippen molar-refractivity contribution in [3.63, 3.8) is 0 Å². The number of benzene rings is 2. The third-order valence-electron chi connectivity index (χ3n) is 5.40. The number of rotatable bonds is 9. The van der Waals surface area contributed by atoms with Gasteiger partial charge in [-0.2, -0.15) is 12.7 Å². The normalized spacial score (nSPS) is 12.8. The third kappa shape index (κ3) is 7.50. The summed E-state index contributed by atoms with van der Waals surface area (Å²) in [5.41, 5.74) is 1.39. The van der Waals surface area contributed by atoms with E-state index in [9.17, 15) is 22.4 Å². The van der Waals surface area contributed by atoms with E-state index in [2.05, 4.69) is 5.32 Å². The maximum Gasteiger partial charge on any atom is 0.304 e. The van der Waals surface area contributed by atoms with Gasteiger partial charge in [0.05, 0.1) is 5.69 Å². The van der Waals surface area contributed by atoms with Gasteiger partial charge in [-0.1, -0.05) is 24.3 Å². The van der Waals surface area contributed by atoms with Crippen molar-refractivity contribution in [2.24, 2.45) is 0 Å². The Hall–Kier alpha value is -2.98. The Morgan fingerprint density at radius 1 is 1.03 bits per heavy atom. The van der Waals surface area contributed by atoms with Crippen molar-refractivity contribution in [2.75, 3.05) is 24.9 Å². The van der Waals surface area contributed by atoms with Crippen molar-refractivity contribution in [1.82, 2.24) is 14.5 Å². The van der Waals surface area contributed by atoms with Crippen LogP contribution in [0.1, 0.15) is 38.8 Å². The summed E-state index contributed by atoms with van der Waals surface area (Å²) in [6.07, 6.45) is 0. The van der Waals surface area contributed by atoms with Crippen molar-refractivity contribution in [3.05, 3.63) is 65.5 Å². The van der Waals surface area contributed by atoms with Gasteiger partial charge in [-0.05, 0) is 70.0 Å². The molecule has 2 aromatic rings. The number of carbonyl (C=O) groups excluding carboxylic acids is 2. The summed E-state index contributed by atoms with van der Waals surface area (Å²) >= 11 is 0. The Balaban J connectivity index is 2.48. The average Bonchev–Trinajstić information content (AvgIpc) is 2.75. The van der Waals surface area contributed by atoms with Gasteiger partial charge in [0.1, 0.15) is 18.4 Å². The van der Waals surface area contributed by atoms with Crippen LogP contribution in [0, 0.1) is 12.7 Å². The fourth-order valence-electron chi connectivity index (χ4n) is 3.35. The molecule has 2 amide bonds. The lowest BCUT2D eigenvalue weighted by Gasteiger charge is -2.34. The van der Waals surface area contributed by atoms with Gasteiger partial charge in [0.2, 0.25) is 11.8 Å². The number of hydrogen-bond donors (Lipinski definition) is 1. The molecule has 10 heteroatoms. The first-order valence-electron chi connectivity index (χ1n) is 11.2. The minimum absolute atomic E-state index is 0.115. The number of hydrogen-bond acceptors (Lipinski definition) is 4. The van der Waals surface area contributed by atoms with Gasteiger partial charge >= 0.3 is 10.2 Å². The quantitative estimate of drug-likeness (QED) is 0.566. The molecule has 192 valence electrons. The van der Waals surface area contributed by atoms with Crippen LogP contribution < -0.4 is 9.62 Å². The van der Waals surface area contributed by atoms with Crippen LogP contribution in [-0.4, -0.2) is 61.7 Å². The van der Waals surface area contributed by atoms with Crippen molar-refractivity contribution in [2.45, 2.75) is 52.7 Å². The second kappa shape index (κ2) is 11.2. The number of halogens is 1. The standard InChI is InChI=1S/C25H35FN4O4S/c1-18-10-8-9-11-20(18)16-29(19(2)24(32)27-25(3,4)5)23(31)17-30(35(33,34)28(6)7)22-14-12-21(26)13-15-22/h8-15,19H,16-17H2,1-7H3,(H,27,32)/t19-/m0/s1. The summed E-state index contributed by atoms with van der Waals surface area (Å²) in [5.74, 6) is -1.46. The fourth-order valence-corrected chi connectivity index (χ4v) is 4.41. The molecular formula is C25H35FN4O4S. The molecule has 0 aliphatic carbocycles. The van der Waals surface area contributed by atoms with E-state index in [1.165, 1.54) is 31.1 Å². The zero-order valence-corrected chi connectivity index (χ0v) is 22.2. The molecule has 0 unspecified atom stereocenters. The molecule has 35 heavy (non-hydrogen) atoms. The van der Waals surface area contributed by atoms with Crippen LogP contribution in [0.4, 0.5) is 10.1 Å². The predicted molar refractivity (Wildman–Crippen MR) is 135 cm³/mol. The summed E-state index contributed by atoms with van der Waals surface area (Å²) in [7, 11) is -1.40. The van der Waals surface area contributed by atoms with Crippen LogP contribution in [0.25, 0.3) is 0 Å². The van der Waals surface area contributed by atoms with Crippen LogP contribution in [-0.2, 0) is 26.3 Å². The van der Waals surface area contributed by atoms with Crippen molar-refractivity contribution in [3.8, 4) is 0 Å². The molecule has 0 spiro atoms. The van der Waals surface area contributed by atoms with E-state index in [1.807, 2.05) is 52.0 Å². The summed E-state index contributed by atoms with van der Waals surface area (Å²) in [4.78, 5) is 28.0. The lowest BCUT2D eigenvalue weighted by Crippen LogP contribution is -2.55. The van der Waals surface area contributed by atoms with E-state index in [-0.39, 0.29) is 18.1 Å². The van der Waals surface area contributed by atoms with Gasteiger partial charge in [0.15, 0.2) is 0 Å². The molecular weight excluding hydrogens is 471 g/mol. The molecule has 0 aliphatic rings. The lowest BCUT2D eigenvalue weighted by molar-refractivity contribution is -0.140. The molecule has 0 heterocycles. The second-order valence-corrected chi connectivity index (χ2v) is 11.7. The van der Waals surface area contributed by atoms with Crippen molar-refractivity contribution in [1.29, 1.82) is 0 Å². The summed E-state index contributed by atoms with van der Waals surface area (Å²) < 4.78 is 41.6. The number of amides is 2. The highest BCUT2D eigenvalue weighted by Gasteiger charge is 2.33. The summed E-state index contributed by atoms with van der Waals surface area (Å²) in [5, 5.41) is 2.88. The molecule has 0 bridgehead atoms. The lowest BCUT2D eigenvalue weighted by atomic mass is 10.1. The number of nitrogens with zero attached hydrogens (tertiary/aromatic N) is 3. The van der Waals surface area contributed by atoms with E-state index in [0.717, 1.165) is 31.9 Å². The van der Waals surface area contributed by atoms with Crippen molar-refractivity contribution >= 4 is 27.7 Å². The van der Waals surface area contributed by atoms with Crippen LogP contribution in [0.5, 0.6) is 0 Å². The molecule has 0 fully saturated rings. The predicted octanol–water partition coefficient (Wildman–Crippen LogP) is 3.08. The van der Waals surface area contributed by atoms with Gasteiger partial charge in [0, 0.05) is 26.2 Å². The number of carbonyl (C=O) groups is 2. The maximum atomic E-state index is 13.6. The SMILES string of the molecule is Cc1ccccc1CN(C(=O)CN(c1ccc(F)cc1)S(=O)(=O)N(C)C)[C@@H](C)C(=O)NC(C)(C)C. The number of nitrogens with one attached hydrogen (secondary N) is 1. The van der Waals surface area contributed by atoms with Gasteiger partial charge in [0.25, 0.3) is 0 Å². The Bertz CT molecular complexity index is 1140. The highest BCUT2D eigenvalue weighted by molar-refractivity contribution is 7.90. The zero-order chi connectivity index (χ0) is 26.6. The van der Waals surface area contributed by atoms with E-state index in [0.29, 0.717) is 0 Å². The largest absolute Gasteiger partial charge is 0.350 e. The molecule has 2 rings (SSSR count). The number of aryl methyl sites for hydroxylation is 1. The zero-order valence-electron chi connectivity index (χ0n) is 21.4. The van der Waals surface area contributed by atoms with Gasteiger partial charge in [-0.3, -0.25) is 9.59 Å². The smallest absolute Gasteiger partial charge is 0.304 e. The topological polar surface area (TPSA) is 90.0 Å². The fraction of sp³-hybridized carbons (Fsp3) is 0.440. The minimum atomic E-state index is -4.09. The Kier molecular flexibility index (Phi) is 9.02. The molecule has 0 saturated carbocycles. The van der Waals surface area contributed by atoms with Crippen LogP contribution in [0.15, 0.2) is 48.5 Å². The highest BCUT2D eigenvalue weighted by atomic mass is 32.2. The molecule has 1 atom stereocenters. The Morgan fingerprint density at radius 2 is 1.60 bits per heavy atom. The Labute approximate surface area is 207 Å². The van der Waals surface area contributed by atoms with Crippen LogP contribution >= 0.6 is 0 Å². The van der Waals surface area contributed by atoms with E-state index in [1.54, 1.807) is 6.92 Å². The molecule has 0 aliphatic heterocycles. The first-order chi connectivity index (χ1) is 16.1. The van der Waals surface area contributed by atoms with Gasteiger partial charge in [-0.25, -0.2) is 8.70 Å². The van der Waals surface area contributed by atoms with E-state index < -0.39 is 40.1 Å². The monoisotopic (exact) mass is 506 g/mol. The molecule has 0 aromatic heterocycles. The molecule has 1 N–H and O–H groups in total. The summed E-state index contributed by atoms with van der Waals surface area (Å²) in [6.45, 7) is 8.58. The maximum absolute atomic E-state index is 13.6. The first-order valence-corrected chi connectivity index (χ1v) is 12.6. The van der Waals surface area contributed by atoms with Gasteiger partial charge < -0.3 is 10.2 Å². The molecule has 0 radical (unpaired) electrons. The van der Waals surface area contributed by atoms with Gasteiger partial charge in [-0.15, -0.1) is 0 Å². The number of anilines is 1.